The van der Waals surface area contributed by atoms with Crippen LogP contribution in [0, 0.1) is 11.3 Å². The maximum atomic E-state index is 12.5. The molecule has 1 fully saturated rings. The van der Waals surface area contributed by atoms with Crippen molar-refractivity contribution >= 4 is 23.6 Å². The number of nitrogens with zero attached hydrogens (tertiary/aromatic N) is 1. The number of piperazine rings is 1. The average molecular weight is 433 g/mol. The Hall–Kier alpha value is -4.19. The molecule has 1 saturated heterocycles. The van der Waals surface area contributed by atoms with Gasteiger partial charge >= 0.3 is 0 Å². The Bertz CT molecular complexity index is 1060. The van der Waals surface area contributed by atoms with E-state index in [9.17, 15) is 19.2 Å². The van der Waals surface area contributed by atoms with Gasteiger partial charge in [0.15, 0.2) is 0 Å². The van der Waals surface area contributed by atoms with Gasteiger partial charge in [-0.2, -0.15) is 5.26 Å². The number of nitrogens with one attached hydrogen (secondary N) is 3. The van der Waals surface area contributed by atoms with Gasteiger partial charge in [0.1, 0.15) is 18.1 Å². The number of nitrogens with two attached hydrogens (primary N) is 1. The number of benzene rings is 2. The summed E-state index contributed by atoms with van der Waals surface area (Å²) in [4.78, 5) is 49.1. The summed E-state index contributed by atoms with van der Waals surface area (Å²) in [5, 5.41) is 16.7. The minimum atomic E-state index is -1.05. The molecule has 0 unspecified atom stereocenters. The van der Waals surface area contributed by atoms with Crippen molar-refractivity contribution < 1.29 is 19.2 Å². The number of carbonyl (C=O) groups excluding carboxylic acids is 4. The van der Waals surface area contributed by atoms with Crippen LogP contribution < -0.4 is 21.7 Å². The first-order valence-corrected chi connectivity index (χ1v) is 10.1. The standard InChI is InChI=1S/C23H23N5O4/c24-13-16-8-4-7-15(9-16)11-17(21(25)30)26-20(29)12-19-23(32)27-18(22(31)28-19)10-14-5-2-1-3-6-14/h1-9,17-19H,10-12H2,(H2,25,30)(H,26,29)(H,27,32)(H,28,31)/t17-,18-,19-/m0/s1. The lowest BCUT2D eigenvalue weighted by Crippen LogP contribution is -2.63. The van der Waals surface area contributed by atoms with Gasteiger partial charge in [0, 0.05) is 12.8 Å². The summed E-state index contributed by atoms with van der Waals surface area (Å²) < 4.78 is 0. The molecule has 1 heterocycles. The van der Waals surface area contributed by atoms with E-state index in [1.54, 1.807) is 24.3 Å². The van der Waals surface area contributed by atoms with E-state index in [1.807, 2.05) is 36.4 Å². The van der Waals surface area contributed by atoms with Crippen LogP contribution >= 0.6 is 0 Å². The van der Waals surface area contributed by atoms with Crippen molar-refractivity contribution in [2.45, 2.75) is 37.4 Å². The van der Waals surface area contributed by atoms with E-state index >= 15 is 0 Å². The molecule has 0 aliphatic carbocycles. The predicted octanol–water partition coefficient (Wildman–Crippen LogP) is -0.313. The number of hydrogen-bond donors (Lipinski definition) is 4. The van der Waals surface area contributed by atoms with E-state index in [0.29, 0.717) is 17.5 Å². The highest BCUT2D eigenvalue weighted by Crippen LogP contribution is 2.10. The first-order valence-electron chi connectivity index (χ1n) is 10.1. The van der Waals surface area contributed by atoms with Crippen LogP contribution in [0.3, 0.4) is 0 Å². The van der Waals surface area contributed by atoms with Crippen molar-refractivity contribution in [3.05, 3.63) is 71.3 Å². The van der Waals surface area contributed by atoms with Crippen molar-refractivity contribution in [1.82, 2.24) is 16.0 Å². The summed E-state index contributed by atoms with van der Waals surface area (Å²) in [6.45, 7) is 0. The molecule has 0 spiro atoms. The van der Waals surface area contributed by atoms with Gasteiger partial charge in [-0.15, -0.1) is 0 Å². The van der Waals surface area contributed by atoms with Crippen LogP contribution in [0.5, 0.6) is 0 Å². The molecule has 3 rings (SSSR count). The number of primary amides is 1. The third kappa shape index (κ3) is 5.92. The molecule has 0 aromatic heterocycles. The number of rotatable bonds is 8. The zero-order valence-electron chi connectivity index (χ0n) is 17.2. The van der Waals surface area contributed by atoms with Gasteiger partial charge in [-0.05, 0) is 23.3 Å². The Morgan fingerprint density at radius 1 is 1.00 bits per heavy atom. The van der Waals surface area contributed by atoms with Crippen LogP contribution in [0.2, 0.25) is 0 Å². The van der Waals surface area contributed by atoms with Crippen molar-refractivity contribution in [3.63, 3.8) is 0 Å². The summed E-state index contributed by atoms with van der Waals surface area (Å²) in [6, 6.07) is 15.1. The summed E-state index contributed by atoms with van der Waals surface area (Å²) >= 11 is 0. The monoisotopic (exact) mass is 433 g/mol. The maximum absolute atomic E-state index is 12.5. The highest BCUT2D eigenvalue weighted by atomic mass is 16.2. The normalized spacial score (nSPS) is 18.6. The van der Waals surface area contributed by atoms with Crippen LogP contribution in [0.1, 0.15) is 23.1 Å². The minimum absolute atomic E-state index is 0.0962. The summed E-state index contributed by atoms with van der Waals surface area (Å²) in [7, 11) is 0. The molecule has 2 aromatic carbocycles. The Balaban J connectivity index is 1.57. The second-order valence-corrected chi connectivity index (χ2v) is 7.55. The number of amides is 4. The van der Waals surface area contributed by atoms with Crippen LogP contribution in [0.15, 0.2) is 54.6 Å². The fourth-order valence-electron chi connectivity index (χ4n) is 3.48. The second kappa shape index (κ2) is 10.2. The van der Waals surface area contributed by atoms with Gasteiger partial charge in [-0.3, -0.25) is 19.2 Å². The largest absolute Gasteiger partial charge is 0.368 e. The lowest BCUT2D eigenvalue weighted by molar-refractivity contribution is -0.138. The Morgan fingerprint density at radius 3 is 2.34 bits per heavy atom. The molecule has 3 atom stereocenters. The highest BCUT2D eigenvalue weighted by molar-refractivity contribution is 5.99. The molecule has 4 amide bonds. The van der Waals surface area contributed by atoms with Gasteiger partial charge in [-0.25, -0.2) is 0 Å². The van der Waals surface area contributed by atoms with E-state index in [1.165, 1.54) is 0 Å². The predicted molar refractivity (Wildman–Crippen MR) is 115 cm³/mol. The zero-order chi connectivity index (χ0) is 23.1. The molecule has 164 valence electrons. The van der Waals surface area contributed by atoms with Crippen molar-refractivity contribution in [2.75, 3.05) is 0 Å². The van der Waals surface area contributed by atoms with Gasteiger partial charge in [-0.1, -0.05) is 42.5 Å². The smallest absolute Gasteiger partial charge is 0.243 e. The van der Waals surface area contributed by atoms with Crippen LogP contribution in [0.25, 0.3) is 0 Å². The van der Waals surface area contributed by atoms with Gasteiger partial charge in [0.05, 0.1) is 18.1 Å². The molecular weight excluding hydrogens is 410 g/mol. The summed E-state index contributed by atoms with van der Waals surface area (Å²) in [5.74, 6) is -2.21. The lowest BCUT2D eigenvalue weighted by atomic mass is 10.00. The molecular formula is C23H23N5O4. The third-order valence-corrected chi connectivity index (χ3v) is 5.11. The Labute approximate surface area is 185 Å². The Kier molecular flexibility index (Phi) is 7.18. The van der Waals surface area contributed by atoms with Gasteiger partial charge < -0.3 is 21.7 Å². The minimum Gasteiger partial charge on any atom is -0.368 e. The van der Waals surface area contributed by atoms with Gasteiger partial charge in [0.25, 0.3) is 0 Å². The number of carbonyl (C=O) groups is 4. The quantitative estimate of drug-likeness (QED) is 0.449. The van der Waals surface area contributed by atoms with Gasteiger partial charge in [0.2, 0.25) is 23.6 Å². The molecule has 0 saturated carbocycles. The van der Waals surface area contributed by atoms with Crippen LogP contribution in [0.4, 0.5) is 0 Å². The molecule has 5 N–H and O–H groups in total. The van der Waals surface area contributed by atoms with Crippen LogP contribution in [-0.4, -0.2) is 41.8 Å². The molecule has 9 nitrogen and oxygen atoms in total. The topological polar surface area (TPSA) is 154 Å². The molecule has 0 bridgehead atoms. The zero-order valence-corrected chi connectivity index (χ0v) is 17.2. The van der Waals surface area contributed by atoms with Crippen molar-refractivity contribution in [3.8, 4) is 6.07 Å². The first kappa shape index (κ1) is 22.5. The Morgan fingerprint density at radius 2 is 1.66 bits per heavy atom. The third-order valence-electron chi connectivity index (χ3n) is 5.11. The molecule has 2 aromatic rings. The molecule has 1 aliphatic rings. The lowest BCUT2D eigenvalue weighted by Gasteiger charge is -2.29. The molecule has 9 heteroatoms. The maximum Gasteiger partial charge on any atom is 0.243 e. The van der Waals surface area contributed by atoms with Crippen molar-refractivity contribution in [2.24, 2.45) is 5.73 Å². The van der Waals surface area contributed by atoms with E-state index < -0.39 is 35.8 Å². The van der Waals surface area contributed by atoms with E-state index in [2.05, 4.69) is 16.0 Å². The second-order valence-electron chi connectivity index (χ2n) is 7.55. The fourth-order valence-corrected chi connectivity index (χ4v) is 3.48. The highest BCUT2D eigenvalue weighted by Gasteiger charge is 2.35. The summed E-state index contributed by atoms with van der Waals surface area (Å²) in [5.41, 5.74) is 7.38. The first-order chi connectivity index (χ1) is 15.4. The summed E-state index contributed by atoms with van der Waals surface area (Å²) in [6.07, 6.45) is 0.0967. The van der Waals surface area contributed by atoms with E-state index in [-0.39, 0.29) is 18.7 Å². The van der Waals surface area contributed by atoms with Crippen LogP contribution in [-0.2, 0) is 32.0 Å². The van der Waals surface area contributed by atoms with E-state index in [0.717, 1.165) is 5.56 Å². The molecule has 0 radical (unpaired) electrons. The average Bonchev–Trinajstić information content (AvgIpc) is 2.77. The fraction of sp³-hybridized carbons (Fsp3) is 0.261. The van der Waals surface area contributed by atoms with E-state index in [4.69, 9.17) is 11.0 Å². The molecule has 32 heavy (non-hydrogen) atoms. The number of hydrogen-bond acceptors (Lipinski definition) is 5. The molecule has 1 aliphatic heterocycles. The number of nitriles is 1. The van der Waals surface area contributed by atoms with Crippen molar-refractivity contribution in [1.29, 1.82) is 5.26 Å². The SMILES string of the molecule is N#Cc1cccc(C[C@H](NC(=O)C[C@@H]2NC(=O)[C@H](Cc3ccccc3)NC2=O)C(N)=O)c1.